The predicted molar refractivity (Wildman–Crippen MR) is 106 cm³/mol. The minimum atomic E-state index is -3.55. The molecular weight excluding hydrogens is 362 g/mol. The second-order valence-corrected chi connectivity index (χ2v) is 9.00. The van der Waals surface area contributed by atoms with Crippen molar-refractivity contribution in [2.24, 2.45) is 0 Å². The van der Waals surface area contributed by atoms with Gasteiger partial charge in [0, 0.05) is 6.54 Å². The Hall–Kier alpha value is -2.05. The van der Waals surface area contributed by atoms with Gasteiger partial charge in [-0.15, -0.1) is 0 Å². The Balaban J connectivity index is 1.93. The zero-order valence-electron chi connectivity index (χ0n) is 16.3. The first-order chi connectivity index (χ1) is 12.9. The van der Waals surface area contributed by atoms with Crippen LogP contribution in [-0.4, -0.2) is 33.5 Å². The summed E-state index contributed by atoms with van der Waals surface area (Å²) in [6.45, 7) is 4.71. The monoisotopic (exact) mass is 389 g/mol. The molecule has 1 atom stereocenters. The summed E-state index contributed by atoms with van der Waals surface area (Å²) in [5.74, 6) is 1.62. The SMILES string of the molecule is COc1ccc(C2CCCN2S(=O)(=O)c2ccc(C(C)C)cc2)cc1OC. The average molecular weight is 390 g/mol. The summed E-state index contributed by atoms with van der Waals surface area (Å²) in [5, 5.41) is 0. The molecule has 0 aliphatic carbocycles. The fourth-order valence-electron chi connectivity index (χ4n) is 3.58. The number of hydrogen-bond acceptors (Lipinski definition) is 4. The van der Waals surface area contributed by atoms with Crippen LogP contribution in [-0.2, 0) is 10.0 Å². The standard InChI is InChI=1S/C21H27NO4S/c1-15(2)16-7-10-18(11-8-16)27(23,24)22-13-5-6-19(22)17-9-12-20(25-3)21(14-17)26-4/h7-12,14-15,19H,5-6,13H2,1-4H3. The molecule has 146 valence electrons. The van der Waals surface area contributed by atoms with Gasteiger partial charge < -0.3 is 9.47 Å². The molecule has 0 spiro atoms. The summed E-state index contributed by atoms with van der Waals surface area (Å²) >= 11 is 0. The van der Waals surface area contributed by atoms with E-state index in [0.29, 0.717) is 28.9 Å². The van der Waals surface area contributed by atoms with Crippen molar-refractivity contribution in [2.45, 2.75) is 43.5 Å². The number of hydrogen-bond donors (Lipinski definition) is 0. The van der Waals surface area contributed by atoms with Crippen LogP contribution in [0.5, 0.6) is 11.5 Å². The lowest BCUT2D eigenvalue weighted by molar-refractivity contribution is 0.351. The van der Waals surface area contributed by atoms with Crippen molar-refractivity contribution in [1.29, 1.82) is 0 Å². The van der Waals surface area contributed by atoms with E-state index < -0.39 is 10.0 Å². The Kier molecular flexibility index (Phi) is 5.77. The minimum Gasteiger partial charge on any atom is -0.493 e. The molecule has 0 N–H and O–H groups in total. The first-order valence-corrected chi connectivity index (χ1v) is 10.7. The largest absolute Gasteiger partial charge is 0.493 e. The molecule has 1 aliphatic rings. The van der Waals surface area contributed by atoms with Crippen molar-refractivity contribution in [3.8, 4) is 11.5 Å². The number of sulfonamides is 1. The highest BCUT2D eigenvalue weighted by molar-refractivity contribution is 7.89. The fraction of sp³-hybridized carbons (Fsp3) is 0.429. The van der Waals surface area contributed by atoms with E-state index in [1.807, 2.05) is 30.3 Å². The van der Waals surface area contributed by atoms with E-state index >= 15 is 0 Å². The molecule has 0 bridgehead atoms. The quantitative estimate of drug-likeness (QED) is 0.737. The number of nitrogens with zero attached hydrogens (tertiary/aromatic N) is 1. The van der Waals surface area contributed by atoms with Crippen LogP contribution in [0.25, 0.3) is 0 Å². The zero-order chi connectivity index (χ0) is 19.6. The van der Waals surface area contributed by atoms with Crippen LogP contribution in [0.15, 0.2) is 47.4 Å². The topological polar surface area (TPSA) is 55.8 Å². The van der Waals surface area contributed by atoms with Crippen LogP contribution in [0.3, 0.4) is 0 Å². The molecule has 5 nitrogen and oxygen atoms in total. The van der Waals surface area contributed by atoms with Crippen LogP contribution in [0, 0.1) is 0 Å². The molecule has 0 aromatic heterocycles. The van der Waals surface area contributed by atoms with Gasteiger partial charge in [-0.25, -0.2) is 8.42 Å². The minimum absolute atomic E-state index is 0.195. The highest BCUT2D eigenvalue weighted by Gasteiger charge is 2.36. The maximum Gasteiger partial charge on any atom is 0.243 e. The third kappa shape index (κ3) is 3.82. The lowest BCUT2D eigenvalue weighted by Crippen LogP contribution is -2.30. The van der Waals surface area contributed by atoms with E-state index in [4.69, 9.17) is 9.47 Å². The van der Waals surface area contributed by atoms with E-state index in [-0.39, 0.29) is 6.04 Å². The number of methoxy groups -OCH3 is 2. The third-order valence-corrected chi connectivity index (χ3v) is 7.07. The summed E-state index contributed by atoms with van der Waals surface area (Å²) in [7, 11) is -0.380. The van der Waals surface area contributed by atoms with Crippen molar-refractivity contribution in [3.63, 3.8) is 0 Å². The van der Waals surface area contributed by atoms with Crippen molar-refractivity contribution < 1.29 is 17.9 Å². The van der Waals surface area contributed by atoms with Crippen molar-refractivity contribution in [1.82, 2.24) is 4.31 Å². The Morgan fingerprint density at radius 2 is 1.67 bits per heavy atom. The molecule has 1 aliphatic heterocycles. The fourth-order valence-corrected chi connectivity index (χ4v) is 5.26. The van der Waals surface area contributed by atoms with E-state index in [0.717, 1.165) is 24.0 Å². The van der Waals surface area contributed by atoms with Crippen molar-refractivity contribution >= 4 is 10.0 Å². The van der Waals surface area contributed by atoms with Gasteiger partial charge in [0.05, 0.1) is 25.2 Å². The van der Waals surface area contributed by atoms with Gasteiger partial charge in [0.1, 0.15) is 0 Å². The van der Waals surface area contributed by atoms with Gasteiger partial charge in [-0.05, 0) is 54.2 Å². The number of rotatable bonds is 6. The Labute approximate surface area is 162 Å². The van der Waals surface area contributed by atoms with Crippen LogP contribution >= 0.6 is 0 Å². The summed E-state index contributed by atoms with van der Waals surface area (Å²) in [5.41, 5.74) is 2.05. The molecule has 1 unspecified atom stereocenters. The Morgan fingerprint density at radius 3 is 2.26 bits per heavy atom. The van der Waals surface area contributed by atoms with Gasteiger partial charge in [-0.2, -0.15) is 4.31 Å². The molecule has 0 saturated carbocycles. The molecular formula is C21H27NO4S. The lowest BCUT2D eigenvalue weighted by atomic mass is 10.0. The molecule has 2 aromatic carbocycles. The van der Waals surface area contributed by atoms with Crippen molar-refractivity contribution in [2.75, 3.05) is 20.8 Å². The van der Waals surface area contributed by atoms with Crippen LogP contribution in [0.4, 0.5) is 0 Å². The first-order valence-electron chi connectivity index (χ1n) is 9.22. The first kappa shape index (κ1) is 19.7. The normalized spacial score (nSPS) is 18.0. The number of ether oxygens (including phenoxy) is 2. The molecule has 2 aromatic rings. The van der Waals surface area contributed by atoms with E-state index in [2.05, 4.69) is 13.8 Å². The molecule has 1 saturated heterocycles. The zero-order valence-corrected chi connectivity index (χ0v) is 17.1. The van der Waals surface area contributed by atoms with Crippen LogP contribution in [0.2, 0.25) is 0 Å². The van der Waals surface area contributed by atoms with Gasteiger partial charge in [0.15, 0.2) is 11.5 Å². The van der Waals surface area contributed by atoms with Gasteiger partial charge in [-0.3, -0.25) is 0 Å². The molecule has 0 radical (unpaired) electrons. The number of benzene rings is 2. The van der Waals surface area contributed by atoms with Gasteiger partial charge in [0.25, 0.3) is 0 Å². The smallest absolute Gasteiger partial charge is 0.243 e. The van der Waals surface area contributed by atoms with Gasteiger partial charge in [-0.1, -0.05) is 32.0 Å². The second-order valence-electron chi connectivity index (χ2n) is 7.11. The summed E-state index contributed by atoms with van der Waals surface area (Å²) in [6.07, 6.45) is 1.63. The van der Waals surface area contributed by atoms with Gasteiger partial charge >= 0.3 is 0 Å². The summed E-state index contributed by atoms with van der Waals surface area (Å²) in [4.78, 5) is 0.347. The molecule has 1 heterocycles. The van der Waals surface area contributed by atoms with Crippen LogP contribution in [0.1, 0.15) is 49.8 Å². The molecule has 27 heavy (non-hydrogen) atoms. The molecule has 0 amide bonds. The van der Waals surface area contributed by atoms with E-state index in [9.17, 15) is 8.42 Å². The highest BCUT2D eigenvalue weighted by atomic mass is 32.2. The Morgan fingerprint density at radius 1 is 1.00 bits per heavy atom. The molecule has 3 rings (SSSR count). The third-order valence-electron chi connectivity index (χ3n) is 5.15. The maximum atomic E-state index is 13.2. The average Bonchev–Trinajstić information content (AvgIpc) is 3.18. The van der Waals surface area contributed by atoms with Crippen LogP contribution < -0.4 is 9.47 Å². The molecule has 1 fully saturated rings. The van der Waals surface area contributed by atoms with Gasteiger partial charge in [0.2, 0.25) is 10.0 Å². The Bertz CT molecular complexity index is 891. The summed E-state index contributed by atoms with van der Waals surface area (Å²) < 4.78 is 38.8. The second kappa shape index (κ2) is 7.90. The predicted octanol–water partition coefficient (Wildman–Crippen LogP) is 4.35. The van der Waals surface area contributed by atoms with E-state index in [1.165, 1.54) is 0 Å². The van der Waals surface area contributed by atoms with Crippen molar-refractivity contribution in [3.05, 3.63) is 53.6 Å². The van der Waals surface area contributed by atoms with E-state index in [1.54, 1.807) is 30.7 Å². The summed E-state index contributed by atoms with van der Waals surface area (Å²) in [6, 6.07) is 12.7. The maximum absolute atomic E-state index is 13.2. The lowest BCUT2D eigenvalue weighted by Gasteiger charge is -2.25. The highest BCUT2D eigenvalue weighted by Crippen LogP contribution is 2.39. The molecule has 6 heteroatoms.